The van der Waals surface area contributed by atoms with Crippen molar-refractivity contribution in [2.75, 3.05) is 7.05 Å². The largest absolute Gasteiger partial charge is 0.464 e. The molecule has 0 spiro atoms. The number of nitrogens with zero attached hydrogens (tertiary/aromatic N) is 1. The molecule has 0 bridgehead atoms. The number of carbonyl (C=O) groups is 1. The number of hydrogen-bond acceptors (Lipinski definition) is 3. The highest BCUT2D eigenvalue weighted by molar-refractivity contribution is 5.81. The molecule has 4 nitrogen and oxygen atoms in total. The second kappa shape index (κ2) is 6.93. The number of nitrogens with two attached hydrogens (primary N) is 1. The van der Waals surface area contributed by atoms with Crippen molar-refractivity contribution in [2.45, 2.75) is 58.0 Å². The van der Waals surface area contributed by atoms with Crippen LogP contribution >= 0.6 is 0 Å². The zero-order valence-electron chi connectivity index (χ0n) is 12.6. The van der Waals surface area contributed by atoms with Gasteiger partial charge < -0.3 is 15.1 Å². The topological polar surface area (TPSA) is 59.5 Å². The molecule has 1 heterocycles. The first-order valence-electron chi connectivity index (χ1n) is 7.62. The number of carbonyl (C=O) groups excluding carboxylic acids is 1. The zero-order chi connectivity index (χ0) is 14.5. The van der Waals surface area contributed by atoms with Gasteiger partial charge in [-0.25, -0.2) is 0 Å². The molecule has 4 heteroatoms. The van der Waals surface area contributed by atoms with E-state index in [1.807, 2.05) is 19.1 Å². The van der Waals surface area contributed by atoms with Gasteiger partial charge in [-0.15, -0.1) is 0 Å². The average Bonchev–Trinajstić information content (AvgIpc) is 2.84. The van der Waals surface area contributed by atoms with Crippen LogP contribution in [0.1, 0.15) is 50.0 Å². The summed E-state index contributed by atoms with van der Waals surface area (Å²) in [5.74, 6) is 2.32. The second-order valence-electron chi connectivity index (χ2n) is 6.05. The van der Waals surface area contributed by atoms with Gasteiger partial charge in [0.15, 0.2) is 0 Å². The Morgan fingerprint density at radius 3 is 2.70 bits per heavy atom. The number of amides is 1. The molecule has 0 saturated heterocycles. The minimum atomic E-state index is -0.376. The van der Waals surface area contributed by atoms with Crippen LogP contribution in [-0.4, -0.2) is 23.9 Å². The molecule has 2 N–H and O–H groups in total. The standard InChI is InChI=1S/C16H26N2O2/c1-12-8-9-14(20-12)11-18(2)16(19)15(17)10-13-6-4-3-5-7-13/h8-9,13,15H,3-7,10-11,17H2,1-2H3. The molecular formula is C16H26N2O2. The van der Waals surface area contributed by atoms with E-state index in [9.17, 15) is 4.79 Å². The van der Waals surface area contributed by atoms with E-state index in [4.69, 9.17) is 10.2 Å². The number of aryl methyl sites for hydroxylation is 1. The van der Waals surface area contributed by atoms with Gasteiger partial charge in [-0.2, -0.15) is 0 Å². The maximum absolute atomic E-state index is 12.3. The Balaban J connectivity index is 1.82. The maximum Gasteiger partial charge on any atom is 0.239 e. The molecule has 1 saturated carbocycles. The van der Waals surface area contributed by atoms with Gasteiger partial charge in [0.25, 0.3) is 0 Å². The molecule has 1 unspecified atom stereocenters. The smallest absolute Gasteiger partial charge is 0.239 e. The maximum atomic E-state index is 12.3. The molecule has 1 atom stereocenters. The lowest BCUT2D eigenvalue weighted by atomic mass is 9.85. The minimum absolute atomic E-state index is 0.0182. The Morgan fingerprint density at radius 1 is 1.40 bits per heavy atom. The highest BCUT2D eigenvalue weighted by atomic mass is 16.3. The molecule has 1 aromatic rings. The van der Waals surface area contributed by atoms with Gasteiger partial charge in [-0.1, -0.05) is 32.1 Å². The number of furan rings is 1. The SMILES string of the molecule is Cc1ccc(CN(C)C(=O)C(N)CC2CCCCC2)o1. The number of hydrogen-bond donors (Lipinski definition) is 1. The van der Waals surface area contributed by atoms with Gasteiger partial charge in [0.05, 0.1) is 12.6 Å². The first-order chi connectivity index (χ1) is 9.56. The molecule has 0 aliphatic heterocycles. The van der Waals surface area contributed by atoms with Crippen LogP contribution in [0.2, 0.25) is 0 Å². The van der Waals surface area contributed by atoms with Gasteiger partial charge in [-0.3, -0.25) is 4.79 Å². The van der Waals surface area contributed by atoms with E-state index in [-0.39, 0.29) is 11.9 Å². The van der Waals surface area contributed by atoms with Crippen LogP contribution in [0.5, 0.6) is 0 Å². The van der Waals surface area contributed by atoms with Gasteiger partial charge >= 0.3 is 0 Å². The van der Waals surface area contributed by atoms with Crippen LogP contribution in [0.3, 0.4) is 0 Å². The third-order valence-electron chi connectivity index (χ3n) is 4.19. The lowest BCUT2D eigenvalue weighted by Gasteiger charge is -2.26. The summed E-state index contributed by atoms with van der Waals surface area (Å²) in [6, 6.07) is 3.45. The van der Waals surface area contributed by atoms with Crippen LogP contribution < -0.4 is 5.73 Å². The Morgan fingerprint density at radius 2 is 2.10 bits per heavy atom. The van der Waals surface area contributed by atoms with E-state index in [1.165, 1.54) is 32.1 Å². The summed E-state index contributed by atoms with van der Waals surface area (Å²) in [6.45, 7) is 2.39. The molecule has 1 aromatic heterocycles. The summed E-state index contributed by atoms with van der Waals surface area (Å²) in [7, 11) is 1.79. The average molecular weight is 278 g/mol. The molecule has 2 rings (SSSR count). The van der Waals surface area contributed by atoms with E-state index in [2.05, 4.69) is 0 Å². The van der Waals surface area contributed by atoms with Crippen LogP contribution in [0.4, 0.5) is 0 Å². The Labute approximate surface area is 121 Å². The Bertz CT molecular complexity index is 435. The molecule has 1 aliphatic rings. The molecule has 0 aromatic carbocycles. The van der Waals surface area contributed by atoms with Gasteiger partial charge in [0, 0.05) is 7.05 Å². The summed E-state index contributed by atoms with van der Waals surface area (Å²) in [4.78, 5) is 14.0. The van der Waals surface area contributed by atoms with E-state index in [1.54, 1.807) is 11.9 Å². The summed E-state index contributed by atoms with van der Waals surface area (Å²) in [6.07, 6.45) is 7.17. The first kappa shape index (κ1) is 15.1. The van der Waals surface area contributed by atoms with Crippen molar-refractivity contribution in [3.05, 3.63) is 23.7 Å². The monoisotopic (exact) mass is 278 g/mol. The normalized spacial score (nSPS) is 17.9. The van der Waals surface area contributed by atoms with Crippen molar-refractivity contribution in [2.24, 2.45) is 11.7 Å². The fraction of sp³-hybridized carbons (Fsp3) is 0.688. The van der Waals surface area contributed by atoms with Crippen molar-refractivity contribution >= 4 is 5.91 Å². The van der Waals surface area contributed by atoms with Crippen molar-refractivity contribution in [1.29, 1.82) is 0 Å². The lowest BCUT2D eigenvalue weighted by Crippen LogP contribution is -2.42. The Hall–Kier alpha value is -1.29. The van der Waals surface area contributed by atoms with E-state index >= 15 is 0 Å². The minimum Gasteiger partial charge on any atom is -0.464 e. The predicted octanol–water partition coefficient (Wildman–Crippen LogP) is 2.84. The molecule has 20 heavy (non-hydrogen) atoms. The van der Waals surface area contributed by atoms with E-state index in [0.717, 1.165) is 17.9 Å². The molecule has 112 valence electrons. The van der Waals surface area contributed by atoms with Crippen LogP contribution in [0.25, 0.3) is 0 Å². The quantitative estimate of drug-likeness (QED) is 0.901. The van der Waals surface area contributed by atoms with Gasteiger partial charge in [0.2, 0.25) is 5.91 Å². The van der Waals surface area contributed by atoms with Crippen molar-refractivity contribution < 1.29 is 9.21 Å². The second-order valence-corrected chi connectivity index (χ2v) is 6.05. The predicted molar refractivity (Wildman–Crippen MR) is 79.1 cm³/mol. The van der Waals surface area contributed by atoms with Crippen molar-refractivity contribution in [1.82, 2.24) is 4.90 Å². The fourth-order valence-electron chi connectivity index (χ4n) is 3.05. The van der Waals surface area contributed by atoms with Crippen molar-refractivity contribution in [3.8, 4) is 0 Å². The Kier molecular flexibility index (Phi) is 5.24. The fourth-order valence-corrected chi connectivity index (χ4v) is 3.05. The lowest BCUT2D eigenvalue weighted by molar-refractivity contribution is -0.132. The molecular weight excluding hydrogens is 252 g/mol. The first-order valence-corrected chi connectivity index (χ1v) is 7.62. The van der Waals surface area contributed by atoms with Crippen LogP contribution in [0.15, 0.2) is 16.5 Å². The third kappa shape index (κ3) is 4.10. The highest BCUT2D eigenvalue weighted by Gasteiger charge is 2.23. The molecule has 1 fully saturated rings. The molecule has 0 radical (unpaired) electrons. The number of rotatable bonds is 5. The van der Waals surface area contributed by atoms with Crippen molar-refractivity contribution in [3.63, 3.8) is 0 Å². The van der Waals surface area contributed by atoms with Crippen LogP contribution in [0, 0.1) is 12.8 Å². The van der Waals surface area contributed by atoms with E-state index < -0.39 is 0 Å². The van der Waals surface area contributed by atoms with Crippen LogP contribution in [-0.2, 0) is 11.3 Å². The summed E-state index contributed by atoms with van der Waals surface area (Å²) in [5, 5.41) is 0. The van der Waals surface area contributed by atoms with Gasteiger partial charge in [0.1, 0.15) is 11.5 Å². The highest BCUT2D eigenvalue weighted by Crippen LogP contribution is 2.27. The summed E-state index contributed by atoms with van der Waals surface area (Å²) in [5.41, 5.74) is 6.09. The number of likely N-dealkylation sites (N-methyl/N-ethyl adjacent to an activating group) is 1. The van der Waals surface area contributed by atoms with E-state index in [0.29, 0.717) is 12.5 Å². The third-order valence-corrected chi connectivity index (χ3v) is 4.19. The van der Waals surface area contributed by atoms with Gasteiger partial charge in [-0.05, 0) is 31.4 Å². The summed E-state index contributed by atoms with van der Waals surface area (Å²) < 4.78 is 5.50. The molecule has 1 aliphatic carbocycles. The summed E-state index contributed by atoms with van der Waals surface area (Å²) >= 11 is 0. The zero-order valence-corrected chi connectivity index (χ0v) is 12.6. The molecule has 1 amide bonds.